The summed E-state index contributed by atoms with van der Waals surface area (Å²) in [4.78, 5) is 22.7. The van der Waals surface area contributed by atoms with E-state index in [0.29, 0.717) is 26.9 Å². The molecule has 0 saturated heterocycles. The summed E-state index contributed by atoms with van der Waals surface area (Å²) in [5.41, 5.74) is 2.07. The van der Waals surface area contributed by atoms with Crippen LogP contribution in [0.15, 0.2) is 69.1 Å². The zero-order valence-electron chi connectivity index (χ0n) is 17.7. The summed E-state index contributed by atoms with van der Waals surface area (Å²) in [6, 6.07) is 16.4. The molecule has 10 heteroatoms. The number of aromatic hydroxyl groups is 1. The maximum Gasteiger partial charge on any atom is 0.273 e. The van der Waals surface area contributed by atoms with Crippen LogP contribution in [-0.2, 0) is 11.4 Å². The topological polar surface area (TPSA) is 125 Å². The number of benzene rings is 3. The van der Waals surface area contributed by atoms with Gasteiger partial charge in [0.2, 0.25) is 0 Å². The van der Waals surface area contributed by atoms with E-state index in [1.165, 1.54) is 12.1 Å². The Kier molecular flexibility index (Phi) is 8.04. The first kappa shape index (κ1) is 25.0. The second-order valence-corrected chi connectivity index (χ2v) is 8.88. The van der Waals surface area contributed by atoms with Gasteiger partial charge in [-0.1, -0.05) is 29.8 Å². The number of rotatable bonds is 7. The molecule has 34 heavy (non-hydrogen) atoms. The van der Waals surface area contributed by atoms with Gasteiger partial charge in [0, 0.05) is 6.07 Å². The van der Waals surface area contributed by atoms with Crippen molar-refractivity contribution in [1.82, 2.24) is 0 Å². The Labute approximate surface area is 211 Å². The van der Waals surface area contributed by atoms with E-state index in [1.54, 1.807) is 12.1 Å². The average Bonchev–Trinajstić information content (AvgIpc) is 2.78. The van der Waals surface area contributed by atoms with Crippen molar-refractivity contribution in [3.8, 4) is 17.6 Å². The number of ether oxygens (including phenoxy) is 1. The minimum atomic E-state index is -0.779. The van der Waals surface area contributed by atoms with Crippen LogP contribution < -0.4 is 10.1 Å². The number of hydrogen-bond acceptors (Lipinski definition) is 6. The van der Waals surface area contributed by atoms with Gasteiger partial charge in [-0.2, -0.15) is 5.26 Å². The van der Waals surface area contributed by atoms with E-state index in [1.807, 2.05) is 37.3 Å². The SMILES string of the molecule is Cc1cccc(COc2c(Br)cc(C=C(C#N)C(=O)Nc3ccc([N+](=O)[O-])cc3O)cc2Br)c1. The van der Waals surface area contributed by atoms with Crippen LogP contribution >= 0.6 is 31.9 Å². The van der Waals surface area contributed by atoms with Crippen molar-refractivity contribution in [1.29, 1.82) is 5.26 Å². The number of nitro groups is 1. The number of non-ortho nitro benzene ring substituents is 1. The second-order valence-electron chi connectivity index (χ2n) is 7.17. The van der Waals surface area contributed by atoms with E-state index in [4.69, 9.17) is 4.74 Å². The maximum atomic E-state index is 12.5. The first-order valence-electron chi connectivity index (χ1n) is 9.76. The average molecular weight is 587 g/mol. The van der Waals surface area contributed by atoms with Crippen molar-refractivity contribution in [2.75, 3.05) is 5.32 Å². The van der Waals surface area contributed by atoms with Crippen LogP contribution in [0.5, 0.6) is 11.5 Å². The molecule has 0 aromatic heterocycles. The van der Waals surface area contributed by atoms with Crippen molar-refractivity contribution in [2.45, 2.75) is 13.5 Å². The molecule has 3 aromatic carbocycles. The molecular formula is C24H17Br2N3O5. The van der Waals surface area contributed by atoms with Crippen LogP contribution in [0.25, 0.3) is 6.08 Å². The van der Waals surface area contributed by atoms with Gasteiger partial charge in [0.25, 0.3) is 11.6 Å². The molecule has 0 unspecified atom stereocenters. The number of carbonyl (C=O) groups is 1. The number of phenolic OH excluding ortho intramolecular Hbond substituents is 1. The van der Waals surface area contributed by atoms with Crippen LogP contribution in [0.4, 0.5) is 11.4 Å². The minimum Gasteiger partial charge on any atom is -0.506 e. The van der Waals surface area contributed by atoms with E-state index in [2.05, 4.69) is 37.2 Å². The third kappa shape index (κ3) is 6.21. The third-order valence-electron chi connectivity index (χ3n) is 4.60. The Hall–Kier alpha value is -3.68. The van der Waals surface area contributed by atoms with E-state index in [0.717, 1.165) is 23.3 Å². The van der Waals surface area contributed by atoms with Crippen LogP contribution in [0.1, 0.15) is 16.7 Å². The number of amides is 1. The van der Waals surface area contributed by atoms with Gasteiger partial charge in [0.1, 0.15) is 29.7 Å². The number of nitriles is 1. The van der Waals surface area contributed by atoms with Crippen molar-refractivity contribution in [3.05, 3.63) is 95.9 Å². The maximum absolute atomic E-state index is 12.5. The molecule has 0 aliphatic carbocycles. The molecule has 3 rings (SSSR count). The quantitative estimate of drug-likeness (QED) is 0.111. The summed E-state index contributed by atoms with van der Waals surface area (Å²) in [5.74, 6) is -0.698. The van der Waals surface area contributed by atoms with E-state index in [9.17, 15) is 25.3 Å². The number of anilines is 1. The highest BCUT2D eigenvalue weighted by molar-refractivity contribution is 9.11. The Morgan fingerprint density at radius 1 is 1.21 bits per heavy atom. The van der Waals surface area contributed by atoms with Crippen molar-refractivity contribution in [3.63, 3.8) is 0 Å². The normalized spacial score (nSPS) is 10.9. The number of nitrogens with one attached hydrogen (secondary N) is 1. The molecule has 0 spiro atoms. The zero-order chi connectivity index (χ0) is 24.8. The van der Waals surface area contributed by atoms with Gasteiger partial charge < -0.3 is 15.2 Å². The first-order chi connectivity index (χ1) is 16.2. The number of aryl methyl sites for hydroxylation is 1. The molecule has 0 saturated carbocycles. The summed E-state index contributed by atoms with van der Waals surface area (Å²) in [5, 5.41) is 32.6. The van der Waals surface area contributed by atoms with Crippen LogP contribution in [-0.4, -0.2) is 15.9 Å². The van der Waals surface area contributed by atoms with Gasteiger partial charge >= 0.3 is 0 Å². The Bertz CT molecular complexity index is 1330. The highest BCUT2D eigenvalue weighted by Gasteiger charge is 2.16. The van der Waals surface area contributed by atoms with Gasteiger partial charge in [0.05, 0.1) is 25.6 Å². The Balaban J connectivity index is 1.78. The largest absolute Gasteiger partial charge is 0.506 e. The summed E-state index contributed by atoms with van der Waals surface area (Å²) >= 11 is 6.92. The molecule has 0 radical (unpaired) electrons. The smallest absolute Gasteiger partial charge is 0.273 e. The predicted octanol–water partition coefficient (Wildman–Crippen LogP) is 6.26. The van der Waals surface area contributed by atoms with E-state index >= 15 is 0 Å². The summed E-state index contributed by atoms with van der Waals surface area (Å²) < 4.78 is 7.16. The fraction of sp³-hybridized carbons (Fsp3) is 0.0833. The summed E-state index contributed by atoms with van der Waals surface area (Å²) in [7, 11) is 0. The number of nitrogens with zero attached hydrogens (tertiary/aromatic N) is 2. The summed E-state index contributed by atoms with van der Waals surface area (Å²) in [6.45, 7) is 2.36. The first-order valence-corrected chi connectivity index (χ1v) is 11.3. The molecular weight excluding hydrogens is 570 g/mol. The van der Waals surface area contributed by atoms with Crippen molar-refractivity contribution in [2.24, 2.45) is 0 Å². The zero-order valence-corrected chi connectivity index (χ0v) is 20.9. The van der Waals surface area contributed by atoms with Crippen LogP contribution in [0.2, 0.25) is 0 Å². The molecule has 0 heterocycles. The van der Waals surface area contributed by atoms with Crippen molar-refractivity contribution < 1.29 is 19.6 Å². The second kappa shape index (κ2) is 11.0. The number of nitro benzene ring substituents is 1. The number of phenols is 1. The molecule has 0 aliphatic heterocycles. The molecule has 0 fully saturated rings. The fourth-order valence-electron chi connectivity index (χ4n) is 3.00. The monoisotopic (exact) mass is 585 g/mol. The number of halogens is 2. The lowest BCUT2D eigenvalue weighted by Crippen LogP contribution is -2.13. The Morgan fingerprint density at radius 3 is 2.50 bits per heavy atom. The minimum absolute atomic E-state index is 0.0565. The molecule has 0 atom stereocenters. The molecule has 3 aromatic rings. The molecule has 0 aliphatic rings. The molecule has 0 bridgehead atoms. The number of hydrogen-bond donors (Lipinski definition) is 2. The van der Waals surface area contributed by atoms with Gasteiger partial charge in [-0.25, -0.2) is 0 Å². The van der Waals surface area contributed by atoms with E-state index < -0.39 is 16.6 Å². The molecule has 1 amide bonds. The van der Waals surface area contributed by atoms with Gasteiger partial charge in [-0.15, -0.1) is 0 Å². The lowest BCUT2D eigenvalue weighted by Gasteiger charge is -2.12. The molecule has 8 nitrogen and oxygen atoms in total. The highest BCUT2D eigenvalue weighted by Crippen LogP contribution is 2.36. The van der Waals surface area contributed by atoms with Gasteiger partial charge in [-0.3, -0.25) is 14.9 Å². The molecule has 172 valence electrons. The fourth-order valence-corrected chi connectivity index (χ4v) is 4.45. The standard InChI is InChI=1S/C24H17Br2N3O5/c1-14-3-2-4-15(7-14)13-34-23-19(25)9-16(10-20(23)26)8-17(12-27)24(31)28-21-6-5-18(29(32)33)11-22(21)30/h2-11,30H,13H2,1H3,(H,28,31). The van der Waals surface area contributed by atoms with Crippen LogP contribution in [0.3, 0.4) is 0 Å². The summed E-state index contributed by atoms with van der Waals surface area (Å²) in [6.07, 6.45) is 1.37. The lowest BCUT2D eigenvalue weighted by atomic mass is 10.1. The van der Waals surface area contributed by atoms with Gasteiger partial charge in [-0.05, 0) is 74.2 Å². The third-order valence-corrected chi connectivity index (χ3v) is 5.78. The number of carbonyl (C=O) groups excluding carboxylic acids is 1. The molecule has 2 N–H and O–H groups in total. The van der Waals surface area contributed by atoms with Gasteiger partial charge in [0.15, 0.2) is 0 Å². The van der Waals surface area contributed by atoms with Crippen molar-refractivity contribution >= 4 is 55.2 Å². The highest BCUT2D eigenvalue weighted by atomic mass is 79.9. The van der Waals surface area contributed by atoms with Crippen LogP contribution in [0, 0.1) is 28.4 Å². The predicted molar refractivity (Wildman–Crippen MR) is 134 cm³/mol. The Morgan fingerprint density at radius 2 is 1.91 bits per heavy atom. The van der Waals surface area contributed by atoms with E-state index in [-0.39, 0.29) is 16.9 Å². The lowest BCUT2D eigenvalue weighted by molar-refractivity contribution is -0.384.